The molecule has 0 aliphatic rings. The molecule has 0 bridgehead atoms. The van der Waals surface area contributed by atoms with Gasteiger partial charge in [0.05, 0.1) is 0 Å². The Morgan fingerprint density at radius 3 is 2.62 bits per heavy atom. The molecule has 0 radical (unpaired) electrons. The largest absolute Gasteiger partial charge is 0.480 e. The van der Waals surface area contributed by atoms with Crippen molar-refractivity contribution in [3.8, 4) is 0 Å². The topological polar surface area (TPSA) is 88.3 Å². The summed E-state index contributed by atoms with van der Waals surface area (Å²) in [6.45, 7) is 1.55. The number of carbonyl (C=O) groups excluding carboxylic acids is 1. The van der Waals surface area contributed by atoms with Gasteiger partial charge in [-0.2, -0.15) is 5.10 Å². The van der Waals surface area contributed by atoms with Gasteiger partial charge in [-0.05, 0) is 12.5 Å². The lowest BCUT2D eigenvalue weighted by molar-refractivity contribution is -0.146. The third-order valence-electron chi connectivity index (χ3n) is 3.04. The van der Waals surface area contributed by atoms with E-state index in [0.717, 1.165) is 5.56 Å². The molecule has 7 nitrogen and oxygen atoms in total. The summed E-state index contributed by atoms with van der Waals surface area (Å²) in [5.41, 5.74) is 0.873. The second-order valence-electron chi connectivity index (χ2n) is 4.63. The minimum absolute atomic E-state index is 0.241. The van der Waals surface area contributed by atoms with Crippen molar-refractivity contribution in [3.05, 3.63) is 48.5 Å². The molecule has 2 aromatic rings. The van der Waals surface area contributed by atoms with E-state index >= 15 is 0 Å². The highest BCUT2D eigenvalue weighted by molar-refractivity contribution is 5.83. The van der Waals surface area contributed by atoms with Crippen molar-refractivity contribution in [1.29, 1.82) is 0 Å². The Kier molecular flexibility index (Phi) is 4.65. The quantitative estimate of drug-likeness (QED) is 0.855. The maximum Gasteiger partial charge on any atom is 0.323 e. The van der Waals surface area contributed by atoms with Crippen LogP contribution in [0.1, 0.15) is 18.5 Å². The average molecular weight is 288 g/mol. The van der Waals surface area contributed by atoms with Crippen LogP contribution in [0, 0.1) is 0 Å². The van der Waals surface area contributed by atoms with Gasteiger partial charge in [-0.3, -0.25) is 9.59 Å². The predicted molar refractivity (Wildman–Crippen MR) is 74.2 cm³/mol. The molecule has 0 saturated heterocycles. The van der Waals surface area contributed by atoms with Gasteiger partial charge < -0.3 is 10.0 Å². The van der Waals surface area contributed by atoms with Gasteiger partial charge in [0.1, 0.15) is 25.2 Å². The Morgan fingerprint density at radius 2 is 2.05 bits per heavy atom. The highest BCUT2D eigenvalue weighted by Gasteiger charge is 2.24. The zero-order valence-electron chi connectivity index (χ0n) is 11.6. The molecule has 1 atom stereocenters. The van der Waals surface area contributed by atoms with Crippen LogP contribution < -0.4 is 0 Å². The summed E-state index contributed by atoms with van der Waals surface area (Å²) in [6, 6.07) is 8.66. The molecule has 1 unspecified atom stereocenters. The van der Waals surface area contributed by atoms with E-state index in [-0.39, 0.29) is 19.0 Å². The summed E-state index contributed by atoms with van der Waals surface area (Å²) >= 11 is 0. The van der Waals surface area contributed by atoms with Crippen LogP contribution in [0.25, 0.3) is 0 Å². The molecule has 21 heavy (non-hydrogen) atoms. The van der Waals surface area contributed by atoms with E-state index in [0.29, 0.717) is 0 Å². The molecule has 7 heteroatoms. The first-order chi connectivity index (χ1) is 10.1. The number of nitrogens with zero attached hydrogens (tertiary/aromatic N) is 4. The van der Waals surface area contributed by atoms with Gasteiger partial charge in [0.2, 0.25) is 5.91 Å². The van der Waals surface area contributed by atoms with Gasteiger partial charge in [-0.25, -0.2) is 9.67 Å². The van der Waals surface area contributed by atoms with Crippen LogP contribution in [0.2, 0.25) is 0 Å². The average Bonchev–Trinajstić information content (AvgIpc) is 3.00. The lowest BCUT2D eigenvalue weighted by Gasteiger charge is -2.24. The molecule has 0 aliphatic heterocycles. The maximum atomic E-state index is 12.5. The summed E-state index contributed by atoms with van der Waals surface area (Å²) in [5.74, 6) is -1.36. The van der Waals surface area contributed by atoms with Gasteiger partial charge in [0, 0.05) is 6.54 Å². The van der Waals surface area contributed by atoms with Gasteiger partial charge >= 0.3 is 5.97 Å². The molecule has 0 fully saturated rings. The Hall–Kier alpha value is -2.70. The van der Waals surface area contributed by atoms with Gasteiger partial charge in [-0.15, -0.1) is 0 Å². The summed E-state index contributed by atoms with van der Waals surface area (Å²) in [6.07, 6.45) is 2.77. The van der Waals surface area contributed by atoms with Crippen molar-refractivity contribution < 1.29 is 14.7 Å². The van der Waals surface area contributed by atoms with Crippen molar-refractivity contribution in [2.45, 2.75) is 19.5 Å². The SMILES string of the molecule is CC(C(=O)N(CC(=O)O)Cc1ccccc1)n1cncn1. The first-order valence-electron chi connectivity index (χ1n) is 6.46. The van der Waals surface area contributed by atoms with E-state index < -0.39 is 12.0 Å². The Morgan fingerprint density at radius 1 is 1.33 bits per heavy atom. The molecule has 1 N–H and O–H groups in total. The molecule has 1 amide bonds. The van der Waals surface area contributed by atoms with Crippen molar-refractivity contribution in [3.63, 3.8) is 0 Å². The molecule has 0 saturated carbocycles. The fourth-order valence-corrected chi connectivity index (χ4v) is 1.97. The van der Waals surface area contributed by atoms with E-state index in [4.69, 9.17) is 5.11 Å². The number of aliphatic carboxylic acids is 1. The number of carboxylic acids is 1. The fourth-order valence-electron chi connectivity index (χ4n) is 1.97. The van der Waals surface area contributed by atoms with E-state index in [9.17, 15) is 9.59 Å². The van der Waals surface area contributed by atoms with E-state index in [1.165, 1.54) is 22.2 Å². The normalized spacial score (nSPS) is 11.9. The fraction of sp³-hybridized carbons (Fsp3) is 0.286. The highest BCUT2D eigenvalue weighted by Crippen LogP contribution is 2.12. The molecule has 110 valence electrons. The smallest absolute Gasteiger partial charge is 0.323 e. The van der Waals surface area contributed by atoms with Crippen LogP contribution >= 0.6 is 0 Å². The second-order valence-corrected chi connectivity index (χ2v) is 4.63. The van der Waals surface area contributed by atoms with E-state index in [2.05, 4.69) is 10.1 Å². The first kappa shape index (κ1) is 14.7. The zero-order valence-corrected chi connectivity index (χ0v) is 11.6. The predicted octanol–water partition coefficient (Wildman–Crippen LogP) is 0.953. The molecule has 1 aromatic heterocycles. The lowest BCUT2D eigenvalue weighted by atomic mass is 10.2. The minimum Gasteiger partial charge on any atom is -0.480 e. The molecule has 0 spiro atoms. The van der Waals surface area contributed by atoms with Crippen molar-refractivity contribution in [2.24, 2.45) is 0 Å². The van der Waals surface area contributed by atoms with Gasteiger partial charge in [0.15, 0.2) is 0 Å². The molecular formula is C14H16N4O3. The Bertz CT molecular complexity index is 598. The summed E-state index contributed by atoms with van der Waals surface area (Å²) in [4.78, 5) is 28.5. The van der Waals surface area contributed by atoms with Crippen LogP contribution in [0.5, 0.6) is 0 Å². The van der Waals surface area contributed by atoms with Gasteiger partial charge in [-0.1, -0.05) is 30.3 Å². The van der Waals surface area contributed by atoms with Crippen LogP contribution in [0.4, 0.5) is 0 Å². The summed E-state index contributed by atoms with van der Waals surface area (Å²) < 4.78 is 1.40. The van der Waals surface area contributed by atoms with Crippen LogP contribution in [-0.4, -0.2) is 43.2 Å². The standard InChI is InChI=1S/C14H16N4O3/c1-11(18-10-15-9-16-18)14(21)17(8-13(19)20)7-12-5-3-2-4-6-12/h2-6,9-11H,7-8H2,1H3,(H,19,20). The molecule has 0 aliphatic carbocycles. The number of benzene rings is 1. The number of hydrogen-bond donors (Lipinski definition) is 1. The molecule has 2 rings (SSSR count). The summed E-state index contributed by atoms with van der Waals surface area (Å²) in [7, 11) is 0. The number of rotatable bonds is 6. The number of carbonyl (C=O) groups is 2. The van der Waals surface area contributed by atoms with Crippen LogP contribution in [0.15, 0.2) is 43.0 Å². The van der Waals surface area contributed by atoms with Crippen molar-refractivity contribution >= 4 is 11.9 Å². The highest BCUT2D eigenvalue weighted by atomic mass is 16.4. The van der Waals surface area contributed by atoms with Gasteiger partial charge in [0.25, 0.3) is 0 Å². The van der Waals surface area contributed by atoms with Crippen molar-refractivity contribution in [2.75, 3.05) is 6.54 Å². The van der Waals surface area contributed by atoms with Crippen LogP contribution in [-0.2, 0) is 16.1 Å². The third-order valence-corrected chi connectivity index (χ3v) is 3.04. The molecule has 1 aromatic carbocycles. The first-order valence-corrected chi connectivity index (χ1v) is 6.46. The number of hydrogen-bond acceptors (Lipinski definition) is 4. The summed E-state index contributed by atoms with van der Waals surface area (Å²) in [5, 5.41) is 12.9. The number of amides is 1. The Labute approximate surface area is 121 Å². The third kappa shape index (κ3) is 3.88. The zero-order chi connectivity index (χ0) is 15.2. The molecule has 1 heterocycles. The second kappa shape index (κ2) is 6.65. The number of aromatic nitrogens is 3. The molecular weight excluding hydrogens is 272 g/mol. The maximum absolute atomic E-state index is 12.5. The van der Waals surface area contributed by atoms with Crippen molar-refractivity contribution in [1.82, 2.24) is 19.7 Å². The lowest BCUT2D eigenvalue weighted by Crippen LogP contribution is -2.39. The van der Waals surface area contributed by atoms with E-state index in [1.54, 1.807) is 6.92 Å². The Balaban J connectivity index is 2.15. The monoisotopic (exact) mass is 288 g/mol. The minimum atomic E-state index is -1.05. The van der Waals surface area contributed by atoms with Crippen LogP contribution in [0.3, 0.4) is 0 Å². The number of carboxylic acid groups (broad SMARTS) is 1. The van der Waals surface area contributed by atoms with E-state index in [1.807, 2.05) is 30.3 Å².